The summed E-state index contributed by atoms with van der Waals surface area (Å²) in [6.45, 7) is 5.35. The molecule has 26 heavy (non-hydrogen) atoms. The van der Waals surface area contributed by atoms with Gasteiger partial charge in [-0.15, -0.1) is 0 Å². The number of morpholine rings is 1. The summed E-state index contributed by atoms with van der Waals surface area (Å²) in [7, 11) is 0. The Balaban J connectivity index is 1.66. The van der Waals surface area contributed by atoms with E-state index in [0.29, 0.717) is 30.5 Å². The molecule has 0 aliphatic carbocycles. The maximum Gasteiger partial charge on any atom is 0.244 e. The number of hydrogen-bond acceptors (Lipinski definition) is 4. The second-order valence-electron chi connectivity index (χ2n) is 6.21. The minimum absolute atomic E-state index is 0.0100. The molecule has 1 atom stereocenters. The van der Waals surface area contributed by atoms with Crippen molar-refractivity contribution in [3.63, 3.8) is 0 Å². The van der Waals surface area contributed by atoms with E-state index in [1.807, 2.05) is 43.3 Å². The van der Waals surface area contributed by atoms with E-state index in [4.69, 9.17) is 20.8 Å². The number of nitrogens with zero attached hydrogens (tertiary/aromatic N) is 1. The fourth-order valence-electron chi connectivity index (χ4n) is 3.03. The van der Waals surface area contributed by atoms with E-state index in [1.54, 1.807) is 6.08 Å². The minimum atomic E-state index is -0.163. The molecule has 0 spiro atoms. The highest BCUT2D eigenvalue weighted by Gasteiger charge is 2.24. The number of rotatable bonds is 6. The van der Waals surface area contributed by atoms with Crippen molar-refractivity contribution in [3.8, 4) is 0 Å². The predicted octanol–water partition coefficient (Wildman–Crippen LogP) is 3.44. The van der Waals surface area contributed by atoms with E-state index in [0.717, 1.165) is 24.4 Å². The van der Waals surface area contributed by atoms with Crippen molar-refractivity contribution in [2.75, 3.05) is 32.8 Å². The number of carbonyl (C=O) groups is 1. The minimum Gasteiger partial charge on any atom is -0.462 e. The van der Waals surface area contributed by atoms with Gasteiger partial charge in [-0.2, -0.15) is 0 Å². The Morgan fingerprint density at radius 3 is 2.73 bits per heavy atom. The quantitative estimate of drug-likeness (QED) is 0.787. The van der Waals surface area contributed by atoms with Gasteiger partial charge in [0.15, 0.2) is 0 Å². The van der Waals surface area contributed by atoms with Crippen molar-refractivity contribution in [2.45, 2.75) is 13.0 Å². The topological polar surface area (TPSA) is 54.7 Å². The second-order valence-corrected chi connectivity index (χ2v) is 6.62. The van der Waals surface area contributed by atoms with E-state index < -0.39 is 0 Å². The van der Waals surface area contributed by atoms with E-state index in [2.05, 4.69) is 10.2 Å². The number of nitrogens with one attached hydrogen (secondary N) is 1. The Hall–Kier alpha value is -2.08. The lowest BCUT2D eigenvalue weighted by Crippen LogP contribution is -2.43. The number of furan rings is 1. The lowest BCUT2D eigenvalue weighted by Gasteiger charge is -2.35. The SMILES string of the molecule is Cc1ccc(/C=C/C(=O)NCC(c2ccccc2Cl)N2CCOCC2)o1. The van der Waals surface area contributed by atoms with Crippen molar-refractivity contribution in [3.05, 3.63) is 64.6 Å². The lowest BCUT2D eigenvalue weighted by molar-refractivity contribution is -0.116. The molecule has 6 heteroatoms. The summed E-state index contributed by atoms with van der Waals surface area (Å²) in [5.74, 6) is 1.31. The molecule has 0 radical (unpaired) electrons. The van der Waals surface area contributed by atoms with Crippen molar-refractivity contribution < 1.29 is 13.9 Å². The molecule has 1 fully saturated rings. The van der Waals surface area contributed by atoms with Gasteiger partial charge in [-0.05, 0) is 36.8 Å². The fraction of sp³-hybridized carbons (Fsp3) is 0.350. The van der Waals surface area contributed by atoms with E-state index in [-0.39, 0.29) is 11.9 Å². The van der Waals surface area contributed by atoms with Crippen molar-refractivity contribution >= 4 is 23.6 Å². The molecule has 1 aromatic carbocycles. The highest BCUT2D eigenvalue weighted by molar-refractivity contribution is 6.31. The van der Waals surface area contributed by atoms with Crippen LogP contribution in [0.4, 0.5) is 0 Å². The molecule has 3 rings (SSSR count). The fourth-order valence-corrected chi connectivity index (χ4v) is 3.29. The smallest absolute Gasteiger partial charge is 0.244 e. The van der Waals surface area contributed by atoms with Crippen LogP contribution < -0.4 is 5.32 Å². The molecule has 1 saturated heterocycles. The van der Waals surface area contributed by atoms with Crippen LogP contribution >= 0.6 is 11.6 Å². The van der Waals surface area contributed by atoms with Gasteiger partial charge in [-0.1, -0.05) is 29.8 Å². The second kappa shape index (κ2) is 9.03. The van der Waals surface area contributed by atoms with E-state index in [9.17, 15) is 4.79 Å². The summed E-state index contributed by atoms with van der Waals surface area (Å²) in [6.07, 6.45) is 3.16. The molecule has 1 N–H and O–H groups in total. The lowest BCUT2D eigenvalue weighted by atomic mass is 10.0. The van der Waals surface area contributed by atoms with Crippen molar-refractivity contribution in [2.24, 2.45) is 0 Å². The Kier molecular flexibility index (Phi) is 6.50. The molecule has 138 valence electrons. The van der Waals surface area contributed by atoms with Gasteiger partial charge in [0.1, 0.15) is 11.5 Å². The number of ether oxygens (including phenoxy) is 1. The molecular weight excluding hydrogens is 352 g/mol. The molecule has 1 aliphatic rings. The molecule has 1 amide bonds. The molecule has 2 heterocycles. The van der Waals surface area contributed by atoms with Gasteiger partial charge in [0.2, 0.25) is 5.91 Å². The van der Waals surface area contributed by atoms with Gasteiger partial charge in [0.05, 0.1) is 19.3 Å². The average molecular weight is 375 g/mol. The van der Waals surface area contributed by atoms with E-state index >= 15 is 0 Å². The zero-order chi connectivity index (χ0) is 18.4. The molecule has 0 saturated carbocycles. The Morgan fingerprint density at radius 1 is 1.27 bits per heavy atom. The highest BCUT2D eigenvalue weighted by Crippen LogP contribution is 2.27. The monoisotopic (exact) mass is 374 g/mol. The van der Waals surface area contributed by atoms with Gasteiger partial charge in [0.25, 0.3) is 0 Å². The number of amides is 1. The van der Waals surface area contributed by atoms with Crippen LogP contribution in [0.2, 0.25) is 5.02 Å². The van der Waals surface area contributed by atoms with Crippen LogP contribution in [0.5, 0.6) is 0 Å². The van der Waals surface area contributed by atoms with E-state index in [1.165, 1.54) is 6.08 Å². The summed E-state index contributed by atoms with van der Waals surface area (Å²) in [4.78, 5) is 14.5. The molecule has 1 unspecified atom stereocenters. The zero-order valence-corrected chi connectivity index (χ0v) is 15.5. The number of halogens is 1. The van der Waals surface area contributed by atoms with Crippen molar-refractivity contribution in [1.29, 1.82) is 0 Å². The number of carbonyl (C=O) groups excluding carboxylic acids is 1. The highest BCUT2D eigenvalue weighted by atomic mass is 35.5. The van der Waals surface area contributed by atoms with Gasteiger partial charge >= 0.3 is 0 Å². The summed E-state index contributed by atoms with van der Waals surface area (Å²) < 4.78 is 10.9. The Labute approximate surface area is 158 Å². The van der Waals surface area contributed by atoms with Crippen molar-refractivity contribution in [1.82, 2.24) is 10.2 Å². The number of aryl methyl sites for hydroxylation is 1. The van der Waals surface area contributed by atoms with Crippen LogP contribution in [0.1, 0.15) is 23.1 Å². The average Bonchev–Trinajstić information content (AvgIpc) is 3.08. The van der Waals surface area contributed by atoms with Gasteiger partial charge in [-0.3, -0.25) is 9.69 Å². The maximum absolute atomic E-state index is 12.2. The molecule has 1 aromatic heterocycles. The van der Waals surface area contributed by atoms with Crippen LogP contribution in [0.3, 0.4) is 0 Å². The molecule has 2 aromatic rings. The Morgan fingerprint density at radius 2 is 2.04 bits per heavy atom. The molecule has 0 bridgehead atoms. The summed E-state index contributed by atoms with van der Waals surface area (Å²) in [5.41, 5.74) is 1.02. The summed E-state index contributed by atoms with van der Waals surface area (Å²) in [6, 6.07) is 11.5. The number of benzene rings is 1. The first-order valence-electron chi connectivity index (χ1n) is 8.72. The molecule has 5 nitrogen and oxygen atoms in total. The summed E-state index contributed by atoms with van der Waals surface area (Å²) in [5, 5.41) is 3.68. The maximum atomic E-state index is 12.2. The van der Waals surface area contributed by atoms with Crippen LogP contribution in [0.15, 0.2) is 46.9 Å². The third-order valence-corrected chi connectivity index (χ3v) is 4.72. The standard InChI is InChI=1S/C20H23ClN2O3/c1-15-6-7-16(26-15)8-9-20(24)22-14-19(23-10-12-25-13-11-23)17-4-2-3-5-18(17)21/h2-9,19H,10-14H2,1H3,(H,22,24)/b9-8+. The van der Waals surface area contributed by atoms with Crippen LogP contribution in [-0.2, 0) is 9.53 Å². The van der Waals surface area contributed by atoms with Crippen LogP contribution in [0, 0.1) is 6.92 Å². The van der Waals surface area contributed by atoms with Gasteiger partial charge in [-0.25, -0.2) is 0 Å². The first kappa shape index (κ1) is 18.7. The first-order chi connectivity index (χ1) is 12.6. The normalized spacial score (nSPS) is 16.7. The largest absolute Gasteiger partial charge is 0.462 e. The van der Waals surface area contributed by atoms with Gasteiger partial charge in [0, 0.05) is 30.7 Å². The predicted molar refractivity (Wildman–Crippen MR) is 102 cm³/mol. The number of hydrogen-bond donors (Lipinski definition) is 1. The third kappa shape index (κ3) is 4.97. The van der Waals surface area contributed by atoms with Crippen LogP contribution in [0.25, 0.3) is 6.08 Å². The molecule has 1 aliphatic heterocycles. The third-order valence-electron chi connectivity index (χ3n) is 4.38. The summed E-state index contributed by atoms with van der Waals surface area (Å²) >= 11 is 6.40. The first-order valence-corrected chi connectivity index (χ1v) is 9.10. The van der Waals surface area contributed by atoms with Crippen LogP contribution in [-0.4, -0.2) is 43.7 Å². The molecular formula is C20H23ClN2O3. The Bertz CT molecular complexity index is 766. The zero-order valence-electron chi connectivity index (χ0n) is 14.8. The van der Waals surface area contributed by atoms with Gasteiger partial charge < -0.3 is 14.5 Å².